The molecule has 2 aliphatic rings. The third-order valence-corrected chi connectivity index (χ3v) is 7.25. The van der Waals surface area contributed by atoms with Crippen molar-refractivity contribution in [1.29, 1.82) is 0 Å². The van der Waals surface area contributed by atoms with Crippen molar-refractivity contribution in [3.63, 3.8) is 0 Å². The van der Waals surface area contributed by atoms with Crippen LogP contribution >= 0.6 is 11.3 Å². The topological polar surface area (TPSA) is 118 Å². The average Bonchev–Trinajstić information content (AvgIpc) is 3.45. The number of anilines is 1. The molecule has 6 rings (SSSR count). The summed E-state index contributed by atoms with van der Waals surface area (Å²) in [4.78, 5) is 32.7. The van der Waals surface area contributed by atoms with Crippen LogP contribution in [0, 0.1) is 0 Å². The van der Waals surface area contributed by atoms with Crippen LogP contribution in [0.2, 0.25) is 0 Å². The maximum atomic E-state index is 13.4. The number of fused-ring (bicyclic) bond motifs is 2. The summed E-state index contributed by atoms with van der Waals surface area (Å²) >= 11 is 1.22. The van der Waals surface area contributed by atoms with Crippen molar-refractivity contribution in [2.45, 2.75) is 6.04 Å². The zero-order chi connectivity index (χ0) is 25.7. The summed E-state index contributed by atoms with van der Waals surface area (Å²) < 4.78 is 17.2. The Morgan fingerprint density at radius 3 is 2.65 bits per heavy atom. The molecular weight excluding hydrogens is 496 g/mol. The number of phenolic OH excluding ortho intramolecular Hbond substituents is 1. The number of hydrogen-bond donors (Lipinski definition) is 2. The fourth-order valence-electron chi connectivity index (χ4n) is 4.51. The molecule has 10 heteroatoms. The van der Waals surface area contributed by atoms with E-state index < -0.39 is 17.7 Å². The number of ether oxygens (including phenoxy) is 3. The van der Waals surface area contributed by atoms with Crippen molar-refractivity contribution >= 4 is 44.1 Å². The van der Waals surface area contributed by atoms with Gasteiger partial charge in [-0.25, -0.2) is 4.98 Å². The van der Waals surface area contributed by atoms with Crippen LogP contribution in [0.4, 0.5) is 5.13 Å². The van der Waals surface area contributed by atoms with E-state index in [1.165, 1.54) is 28.4 Å². The number of benzene rings is 3. The molecule has 3 heterocycles. The summed E-state index contributed by atoms with van der Waals surface area (Å²) in [6, 6.07) is 15.3. The maximum Gasteiger partial charge on any atom is 0.301 e. The minimum Gasteiger partial charge on any atom is -0.508 e. The molecule has 0 bridgehead atoms. The van der Waals surface area contributed by atoms with Gasteiger partial charge in [0.1, 0.15) is 30.5 Å². The van der Waals surface area contributed by atoms with Crippen molar-refractivity contribution in [3.8, 4) is 23.0 Å². The van der Waals surface area contributed by atoms with Gasteiger partial charge in [-0.15, -0.1) is 0 Å². The quantitative estimate of drug-likeness (QED) is 0.233. The number of aliphatic hydroxyl groups excluding tert-OH is 1. The van der Waals surface area contributed by atoms with Crippen LogP contribution in [-0.2, 0) is 9.59 Å². The van der Waals surface area contributed by atoms with Crippen LogP contribution in [0.25, 0.3) is 16.0 Å². The molecule has 186 valence electrons. The van der Waals surface area contributed by atoms with Crippen molar-refractivity contribution < 1.29 is 34.0 Å². The number of phenols is 1. The highest BCUT2D eigenvalue weighted by molar-refractivity contribution is 7.22. The molecule has 3 aromatic carbocycles. The molecule has 2 aliphatic heterocycles. The average molecular weight is 517 g/mol. The fraction of sp³-hybridized carbons (Fsp3) is 0.148. The van der Waals surface area contributed by atoms with Gasteiger partial charge < -0.3 is 24.4 Å². The van der Waals surface area contributed by atoms with Crippen molar-refractivity contribution in [2.24, 2.45) is 0 Å². The number of aromatic hydroxyl groups is 1. The second-order valence-corrected chi connectivity index (χ2v) is 9.46. The number of carbonyl (C=O) groups is 2. The van der Waals surface area contributed by atoms with E-state index in [1.807, 2.05) is 0 Å². The standard InChI is InChI=1S/C27H20N2O7S/c1-34-17-6-7-18-21(13-17)37-27(28-18)29-23(14-3-2-4-16(30)11-14)22(25(32)26(29)33)24(31)15-5-8-19-20(12-15)36-10-9-35-19/h2-8,11-13,23,30-31H,9-10H2,1H3/b24-22+/t23-/m1/s1. The minimum atomic E-state index is -1.03. The number of thiazole rings is 1. The molecule has 9 nitrogen and oxygen atoms in total. The Bertz CT molecular complexity index is 1610. The van der Waals surface area contributed by atoms with Crippen LogP contribution in [0.15, 0.2) is 66.2 Å². The molecule has 1 aromatic heterocycles. The third kappa shape index (κ3) is 3.82. The molecule has 1 fully saturated rings. The van der Waals surface area contributed by atoms with Gasteiger partial charge >= 0.3 is 5.91 Å². The number of amides is 1. The van der Waals surface area contributed by atoms with E-state index in [2.05, 4.69) is 4.98 Å². The Kier molecular flexibility index (Phi) is 5.45. The van der Waals surface area contributed by atoms with Gasteiger partial charge in [-0.1, -0.05) is 23.5 Å². The van der Waals surface area contributed by atoms with Crippen LogP contribution in [0.5, 0.6) is 23.0 Å². The van der Waals surface area contributed by atoms with Gasteiger partial charge in [0.25, 0.3) is 5.78 Å². The summed E-state index contributed by atoms with van der Waals surface area (Å²) in [5.41, 5.74) is 1.24. The van der Waals surface area contributed by atoms with Crippen molar-refractivity contribution in [1.82, 2.24) is 4.98 Å². The van der Waals surface area contributed by atoms with E-state index in [0.717, 1.165) is 4.70 Å². The van der Waals surface area contributed by atoms with Crippen molar-refractivity contribution in [2.75, 3.05) is 25.2 Å². The van der Waals surface area contributed by atoms with Crippen LogP contribution in [0.3, 0.4) is 0 Å². The normalized spacial score (nSPS) is 18.4. The lowest BCUT2D eigenvalue weighted by atomic mass is 9.95. The molecular formula is C27H20N2O7S. The van der Waals surface area contributed by atoms with Gasteiger partial charge in [0, 0.05) is 5.56 Å². The highest BCUT2D eigenvalue weighted by atomic mass is 32.1. The lowest BCUT2D eigenvalue weighted by molar-refractivity contribution is -0.132. The Labute approximate surface area is 214 Å². The SMILES string of the molecule is COc1ccc2nc(N3C(=O)C(=O)/C(=C(/O)c4ccc5c(c4)OCCO5)[C@H]3c3cccc(O)c3)sc2c1. The summed E-state index contributed by atoms with van der Waals surface area (Å²) in [6.07, 6.45) is 0. The Morgan fingerprint density at radius 1 is 1.05 bits per heavy atom. The number of nitrogens with zero attached hydrogens (tertiary/aromatic N) is 2. The molecule has 0 unspecified atom stereocenters. The number of Topliss-reactive ketones (excluding diaryl/α,β-unsaturated/α-hetero) is 1. The van der Waals surface area contributed by atoms with E-state index in [-0.39, 0.29) is 22.2 Å². The predicted molar refractivity (Wildman–Crippen MR) is 136 cm³/mol. The number of methoxy groups -OCH3 is 1. The van der Waals surface area contributed by atoms with Gasteiger partial charge in [0.15, 0.2) is 16.6 Å². The van der Waals surface area contributed by atoms with Gasteiger partial charge in [0.2, 0.25) is 0 Å². The molecule has 1 atom stereocenters. The van der Waals surface area contributed by atoms with E-state index in [1.54, 1.807) is 55.6 Å². The first kappa shape index (κ1) is 22.9. The molecule has 0 radical (unpaired) electrons. The Morgan fingerprint density at radius 2 is 1.86 bits per heavy atom. The number of hydrogen-bond acceptors (Lipinski definition) is 9. The summed E-state index contributed by atoms with van der Waals surface area (Å²) in [6.45, 7) is 0.766. The molecule has 0 spiro atoms. The second-order valence-electron chi connectivity index (χ2n) is 8.45. The molecule has 37 heavy (non-hydrogen) atoms. The van der Waals surface area contributed by atoms with Crippen LogP contribution in [0.1, 0.15) is 17.2 Å². The first-order valence-electron chi connectivity index (χ1n) is 11.4. The predicted octanol–water partition coefficient (Wildman–Crippen LogP) is 4.41. The Balaban J connectivity index is 1.53. The molecule has 4 aromatic rings. The van der Waals surface area contributed by atoms with E-state index in [9.17, 15) is 19.8 Å². The Hall–Kier alpha value is -4.57. The first-order valence-corrected chi connectivity index (χ1v) is 12.2. The molecule has 1 saturated heterocycles. The second kappa shape index (κ2) is 8.82. The number of ketones is 1. The number of carbonyl (C=O) groups excluding carboxylic acids is 2. The summed E-state index contributed by atoms with van der Waals surface area (Å²) in [7, 11) is 1.56. The highest BCUT2D eigenvalue weighted by Gasteiger charge is 2.48. The van der Waals surface area contributed by atoms with Gasteiger partial charge in [-0.05, 0) is 54.1 Å². The molecule has 0 saturated carbocycles. The number of aliphatic hydroxyl groups is 1. The number of rotatable bonds is 4. The van der Waals surface area contributed by atoms with E-state index in [4.69, 9.17) is 14.2 Å². The van der Waals surface area contributed by atoms with Gasteiger partial charge in [-0.2, -0.15) is 0 Å². The first-order chi connectivity index (χ1) is 17.9. The molecule has 0 aliphatic carbocycles. The lowest BCUT2D eigenvalue weighted by Gasteiger charge is -2.23. The van der Waals surface area contributed by atoms with Gasteiger partial charge in [0.05, 0.1) is 28.9 Å². The van der Waals surface area contributed by atoms with Gasteiger partial charge in [-0.3, -0.25) is 14.5 Å². The summed E-state index contributed by atoms with van der Waals surface area (Å²) in [5, 5.41) is 21.8. The summed E-state index contributed by atoms with van der Waals surface area (Å²) in [5.74, 6) is -0.523. The highest BCUT2D eigenvalue weighted by Crippen LogP contribution is 2.45. The molecule has 1 amide bonds. The van der Waals surface area contributed by atoms with E-state index in [0.29, 0.717) is 47.1 Å². The smallest absolute Gasteiger partial charge is 0.301 e. The third-order valence-electron chi connectivity index (χ3n) is 6.24. The maximum absolute atomic E-state index is 13.4. The lowest BCUT2D eigenvalue weighted by Crippen LogP contribution is -2.29. The van der Waals surface area contributed by atoms with E-state index >= 15 is 0 Å². The molecule has 2 N–H and O–H groups in total. The fourth-order valence-corrected chi connectivity index (χ4v) is 5.53. The largest absolute Gasteiger partial charge is 0.508 e. The van der Waals surface area contributed by atoms with Crippen LogP contribution < -0.4 is 19.1 Å². The van der Waals surface area contributed by atoms with Crippen molar-refractivity contribution in [3.05, 3.63) is 77.4 Å². The van der Waals surface area contributed by atoms with Crippen LogP contribution in [-0.4, -0.2) is 47.2 Å². The minimum absolute atomic E-state index is 0.0450. The number of aromatic nitrogens is 1. The zero-order valence-corrected chi connectivity index (χ0v) is 20.3. The monoisotopic (exact) mass is 516 g/mol. The zero-order valence-electron chi connectivity index (χ0n) is 19.5.